The van der Waals surface area contributed by atoms with Gasteiger partial charge in [-0.05, 0) is 33.6 Å². The first kappa shape index (κ1) is 17.9. The first-order valence-corrected chi connectivity index (χ1v) is 8.44. The van der Waals surface area contributed by atoms with E-state index in [1.165, 1.54) is 4.88 Å². The Morgan fingerprint density at radius 2 is 2.00 bits per heavy atom. The van der Waals surface area contributed by atoms with Crippen LogP contribution in [0.1, 0.15) is 35.3 Å². The van der Waals surface area contributed by atoms with Gasteiger partial charge in [0, 0.05) is 44.6 Å². The van der Waals surface area contributed by atoms with Crippen LogP contribution < -0.4 is 10.6 Å². The largest absolute Gasteiger partial charge is 0.382 e. The Bertz CT molecular complexity index is 431. The number of rotatable bonds is 9. The average molecular weight is 312 g/mol. The number of nitrogens with one attached hydrogen (secondary N) is 2. The lowest BCUT2D eigenvalue weighted by atomic mass is 10.3. The van der Waals surface area contributed by atoms with E-state index in [9.17, 15) is 0 Å². The highest BCUT2D eigenvalue weighted by molar-refractivity contribution is 7.11. The van der Waals surface area contributed by atoms with Crippen LogP contribution in [0.2, 0.25) is 0 Å². The molecule has 1 aromatic rings. The topological polar surface area (TPSA) is 58.5 Å². The molecule has 0 saturated carbocycles. The Kier molecular flexibility index (Phi) is 9.01. The zero-order chi connectivity index (χ0) is 15.5. The number of unbranched alkanes of at least 4 members (excludes halogenated alkanes) is 1. The summed E-state index contributed by atoms with van der Waals surface area (Å²) in [6, 6.07) is 0. The molecule has 0 aliphatic rings. The van der Waals surface area contributed by atoms with E-state index < -0.39 is 0 Å². The van der Waals surface area contributed by atoms with Crippen molar-refractivity contribution in [2.75, 3.05) is 33.4 Å². The lowest BCUT2D eigenvalue weighted by molar-refractivity contribution is 0.143. The molecule has 0 aliphatic carbocycles. The molecule has 2 N–H and O–H groups in total. The molecule has 0 saturated heterocycles. The number of nitrogens with zero attached hydrogens (tertiary/aromatic N) is 2. The highest BCUT2D eigenvalue weighted by Crippen LogP contribution is 2.16. The molecule has 0 aromatic carbocycles. The lowest BCUT2D eigenvalue weighted by Gasteiger charge is -2.11. The number of aryl methyl sites for hydroxylation is 2. The number of ether oxygens (including phenoxy) is 1. The van der Waals surface area contributed by atoms with Gasteiger partial charge in [0.25, 0.3) is 0 Å². The number of aliphatic imine (C=N–C) groups is 1. The van der Waals surface area contributed by atoms with Crippen LogP contribution in [0.3, 0.4) is 0 Å². The van der Waals surface area contributed by atoms with Crippen LogP contribution in [-0.4, -0.2) is 44.3 Å². The van der Waals surface area contributed by atoms with Gasteiger partial charge in [-0.2, -0.15) is 0 Å². The van der Waals surface area contributed by atoms with E-state index in [1.54, 1.807) is 18.4 Å². The van der Waals surface area contributed by atoms with Gasteiger partial charge >= 0.3 is 0 Å². The quantitative estimate of drug-likeness (QED) is 0.417. The van der Waals surface area contributed by atoms with Crippen molar-refractivity contribution in [3.8, 4) is 0 Å². The predicted octanol–water partition coefficient (Wildman–Crippen LogP) is 2.28. The molecule has 0 aliphatic heterocycles. The molecule has 21 heavy (non-hydrogen) atoms. The molecule has 6 heteroatoms. The van der Waals surface area contributed by atoms with E-state index in [1.807, 2.05) is 6.92 Å². The van der Waals surface area contributed by atoms with Gasteiger partial charge in [-0.1, -0.05) is 0 Å². The van der Waals surface area contributed by atoms with E-state index in [2.05, 4.69) is 34.5 Å². The summed E-state index contributed by atoms with van der Waals surface area (Å²) in [5.74, 6) is 0.866. The molecule has 0 bridgehead atoms. The van der Waals surface area contributed by atoms with Gasteiger partial charge < -0.3 is 15.4 Å². The van der Waals surface area contributed by atoms with Gasteiger partial charge in [-0.25, -0.2) is 4.98 Å². The highest BCUT2D eigenvalue weighted by atomic mass is 32.1. The van der Waals surface area contributed by atoms with Gasteiger partial charge in [0.2, 0.25) is 0 Å². The lowest BCUT2D eigenvalue weighted by Crippen LogP contribution is -2.38. The van der Waals surface area contributed by atoms with Crippen LogP contribution in [0, 0.1) is 13.8 Å². The fraction of sp³-hybridized carbons (Fsp3) is 0.733. The van der Waals surface area contributed by atoms with Crippen molar-refractivity contribution in [1.82, 2.24) is 15.6 Å². The maximum Gasteiger partial charge on any atom is 0.190 e. The maximum absolute atomic E-state index is 5.32. The van der Waals surface area contributed by atoms with Crippen molar-refractivity contribution >= 4 is 17.3 Å². The second kappa shape index (κ2) is 10.6. The Morgan fingerprint density at radius 3 is 2.62 bits per heavy atom. The van der Waals surface area contributed by atoms with Crippen LogP contribution in [0.15, 0.2) is 4.99 Å². The summed E-state index contributed by atoms with van der Waals surface area (Å²) in [5, 5.41) is 7.80. The Morgan fingerprint density at radius 1 is 1.24 bits per heavy atom. The first-order chi connectivity index (χ1) is 10.2. The second-order valence-corrected chi connectivity index (χ2v) is 6.11. The standard InChI is InChI=1S/C15H28N4OS/c1-5-20-11-7-6-9-17-15(16-4)18-10-8-14-12(2)19-13(3)21-14/h5-11H2,1-4H3,(H2,16,17,18). The zero-order valence-corrected chi connectivity index (χ0v) is 14.5. The molecule has 0 spiro atoms. The summed E-state index contributed by atoms with van der Waals surface area (Å²) in [6.07, 6.45) is 3.16. The Balaban J connectivity index is 2.15. The van der Waals surface area contributed by atoms with E-state index in [0.29, 0.717) is 0 Å². The minimum atomic E-state index is 0.799. The van der Waals surface area contributed by atoms with E-state index in [4.69, 9.17) is 4.74 Å². The van der Waals surface area contributed by atoms with E-state index in [-0.39, 0.29) is 0 Å². The fourth-order valence-electron chi connectivity index (χ4n) is 2.00. The maximum atomic E-state index is 5.32. The third-order valence-corrected chi connectivity index (χ3v) is 4.21. The molecular weight excluding hydrogens is 284 g/mol. The highest BCUT2D eigenvalue weighted by Gasteiger charge is 2.04. The summed E-state index contributed by atoms with van der Waals surface area (Å²) in [4.78, 5) is 10.0. The number of hydrogen-bond donors (Lipinski definition) is 2. The molecule has 5 nitrogen and oxygen atoms in total. The van der Waals surface area contributed by atoms with Crippen LogP contribution in [0.25, 0.3) is 0 Å². The fourth-order valence-corrected chi connectivity index (χ4v) is 2.94. The predicted molar refractivity (Wildman–Crippen MR) is 90.4 cm³/mol. The zero-order valence-electron chi connectivity index (χ0n) is 13.7. The molecule has 1 rings (SSSR count). The summed E-state index contributed by atoms with van der Waals surface area (Å²) in [6.45, 7) is 9.59. The summed E-state index contributed by atoms with van der Waals surface area (Å²) in [5.41, 5.74) is 1.15. The number of guanidine groups is 1. The van der Waals surface area contributed by atoms with Crippen molar-refractivity contribution in [2.45, 2.75) is 40.0 Å². The first-order valence-electron chi connectivity index (χ1n) is 7.62. The summed E-state index contributed by atoms with van der Waals surface area (Å²) >= 11 is 1.78. The summed E-state index contributed by atoms with van der Waals surface area (Å²) < 4.78 is 5.32. The van der Waals surface area contributed by atoms with E-state index in [0.717, 1.165) is 62.2 Å². The molecule has 1 heterocycles. The minimum absolute atomic E-state index is 0.799. The van der Waals surface area contributed by atoms with Crippen molar-refractivity contribution < 1.29 is 4.74 Å². The molecule has 120 valence electrons. The molecule has 1 aromatic heterocycles. The monoisotopic (exact) mass is 312 g/mol. The molecule has 0 fully saturated rings. The molecule has 0 unspecified atom stereocenters. The SMILES string of the molecule is CCOCCCCNC(=NC)NCCc1sc(C)nc1C. The van der Waals surface area contributed by atoms with E-state index >= 15 is 0 Å². The van der Waals surface area contributed by atoms with Gasteiger partial charge in [0.15, 0.2) is 5.96 Å². The third kappa shape index (κ3) is 7.43. The van der Waals surface area contributed by atoms with Gasteiger partial charge in [-0.15, -0.1) is 11.3 Å². The van der Waals surface area contributed by atoms with Gasteiger partial charge in [0.05, 0.1) is 10.7 Å². The smallest absolute Gasteiger partial charge is 0.190 e. The summed E-state index contributed by atoms with van der Waals surface area (Å²) in [7, 11) is 1.80. The number of thiazole rings is 1. The normalized spacial score (nSPS) is 11.7. The van der Waals surface area contributed by atoms with Gasteiger partial charge in [0.1, 0.15) is 0 Å². The molecule has 0 amide bonds. The van der Waals surface area contributed by atoms with Crippen molar-refractivity contribution in [2.24, 2.45) is 4.99 Å². The van der Waals surface area contributed by atoms with Crippen LogP contribution in [-0.2, 0) is 11.2 Å². The molecule has 0 atom stereocenters. The molecule has 0 radical (unpaired) electrons. The number of hydrogen-bond acceptors (Lipinski definition) is 4. The third-order valence-electron chi connectivity index (χ3n) is 3.08. The van der Waals surface area contributed by atoms with Crippen LogP contribution in [0.5, 0.6) is 0 Å². The second-order valence-electron chi connectivity index (χ2n) is 4.82. The van der Waals surface area contributed by atoms with Gasteiger partial charge in [-0.3, -0.25) is 4.99 Å². The number of aromatic nitrogens is 1. The van der Waals surface area contributed by atoms with Crippen molar-refractivity contribution in [1.29, 1.82) is 0 Å². The van der Waals surface area contributed by atoms with Crippen LogP contribution in [0.4, 0.5) is 0 Å². The Hall–Kier alpha value is -1.14. The average Bonchev–Trinajstić information content (AvgIpc) is 2.78. The van der Waals surface area contributed by atoms with Crippen molar-refractivity contribution in [3.63, 3.8) is 0 Å². The molecular formula is C15H28N4OS. The van der Waals surface area contributed by atoms with Crippen molar-refractivity contribution in [3.05, 3.63) is 15.6 Å². The van der Waals surface area contributed by atoms with Crippen LogP contribution >= 0.6 is 11.3 Å². The minimum Gasteiger partial charge on any atom is -0.382 e. The Labute approximate surface area is 132 Å².